The lowest BCUT2D eigenvalue weighted by molar-refractivity contribution is 0.670. The van der Waals surface area contributed by atoms with E-state index in [4.69, 9.17) is 4.42 Å². The molecule has 0 radical (unpaired) electrons. The molecule has 0 aliphatic carbocycles. The summed E-state index contributed by atoms with van der Waals surface area (Å²) in [6.07, 6.45) is 0. The van der Waals surface area contributed by atoms with Crippen molar-refractivity contribution in [2.24, 2.45) is 0 Å². The van der Waals surface area contributed by atoms with Gasteiger partial charge in [0, 0.05) is 38.4 Å². The molecule has 49 heavy (non-hydrogen) atoms. The number of benzene rings is 8. The van der Waals surface area contributed by atoms with Gasteiger partial charge in [-0.25, -0.2) is 0 Å². The molecule has 0 spiro atoms. The maximum Gasteiger partial charge on any atom is 0.143 e. The molecule has 0 aliphatic heterocycles. The quantitative estimate of drug-likeness (QED) is 0.190. The van der Waals surface area contributed by atoms with Gasteiger partial charge in [0.15, 0.2) is 0 Å². The van der Waals surface area contributed by atoms with Gasteiger partial charge in [-0.05, 0) is 65.4 Å². The minimum absolute atomic E-state index is 0.893. The second kappa shape index (κ2) is 11.0. The van der Waals surface area contributed by atoms with Crippen LogP contribution in [0.1, 0.15) is 0 Å². The van der Waals surface area contributed by atoms with Crippen molar-refractivity contribution >= 4 is 71.6 Å². The minimum Gasteiger partial charge on any atom is -0.455 e. The molecule has 0 amide bonds. The fourth-order valence-corrected chi connectivity index (χ4v) is 7.60. The van der Waals surface area contributed by atoms with E-state index in [1.54, 1.807) is 0 Å². The number of anilines is 3. The van der Waals surface area contributed by atoms with Crippen LogP contribution < -0.4 is 4.90 Å². The monoisotopic (exact) mass is 626 g/mol. The second-order valence-electron chi connectivity index (χ2n) is 12.5. The molecule has 0 N–H and O–H groups in total. The van der Waals surface area contributed by atoms with Crippen LogP contribution in [-0.2, 0) is 0 Å². The lowest BCUT2D eigenvalue weighted by Crippen LogP contribution is -2.14. The molecule has 10 rings (SSSR count). The van der Waals surface area contributed by atoms with Crippen LogP contribution in [0.5, 0.6) is 0 Å². The summed E-state index contributed by atoms with van der Waals surface area (Å²) in [5, 5.41) is 7.11. The van der Waals surface area contributed by atoms with E-state index >= 15 is 0 Å². The Morgan fingerprint density at radius 1 is 0.408 bits per heavy atom. The molecule has 0 aliphatic rings. The largest absolute Gasteiger partial charge is 0.455 e. The van der Waals surface area contributed by atoms with Crippen LogP contribution in [-0.4, -0.2) is 4.57 Å². The van der Waals surface area contributed by atoms with Gasteiger partial charge in [0.1, 0.15) is 11.2 Å². The van der Waals surface area contributed by atoms with Crippen LogP contribution in [0.25, 0.3) is 71.3 Å². The number of rotatable bonds is 5. The number of para-hydroxylation sites is 7. The van der Waals surface area contributed by atoms with Crippen LogP contribution in [0.4, 0.5) is 17.1 Å². The van der Waals surface area contributed by atoms with E-state index in [2.05, 4.69) is 191 Å². The summed E-state index contributed by atoms with van der Waals surface area (Å²) in [5.41, 5.74) is 10.6. The number of fused-ring (bicyclic) bond motifs is 7. The van der Waals surface area contributed by atoms with E-state index in [1.807, 2.05) is 0 Å². The van der Waals surface area contributed by atoms with Crippen molar-refractivity contribution in [2.45, 2.75) is 0 Å². The van der Waals surface area contributed by atoms with E-state index in [9.17, 15) is 0 Å². The van der Waals surface area contributed by atoms with Gasteiger partial charge in [0.05, 0.1) is 28.1 Å². The highest BCUT2D eigenvalue weighted by atomic mass is 16.3. The summed E-state index contributed by atoms with van der Waals surface area (Å²) in [6, 6.07) is 64.9. The second-order valence-corrected chi connectivity index (χ2v) is 12.5. The molecule has 0 fully saturated rings. The van der Waals surface area contributed by atoms with Crippen LogP contribution in [0.2, 0.25) is 0 Å². The SMILES string of the molecule is c1ccc(N(c2ccccc2-c2cccc3c2oc2cc4ccccc4cc23)c2ccccc2-n2c3ccccc3c3ccccc32)cc1. The number of aromatic nitrogens is 1. The predicted molar refractivity (Wildman–Crippen MR) is 206 cm³/mol. The molecule has 0 saturated heterocycles. The Bertz CT molecular complexity index is 2790. The lowest BCUT2D eigenvalue weighted by atomic mass is 9.98. The topological polar surface area (TPSA) is 21.3 Å². The maximum absolute atomic E-state index is 6.75. The molecule has 0 saturated carbocycles. The molecule has 3 heteroatoms. The van der Waals surface area contributed by atoms with Gasteiger partial charge in [-0.1, -0.05) is 127 Å². The molecule has 3 nitrogen and oxygen atoms in total. The van der Waals surface area contributed by atoms with Gasteiger partial charge in [-0.15, -0.1) is 0 Å². The predicted octanol–water partition coefficient (Wildman–Crippen LogP) is 13.0. The zero-order chi connectivity index (χ0) is 32.3. The van der Waals surface area contributed by atoms with Crippen LogP contribution in [0.3, 0.4) is 0 Å². The third-order valence-electron chi connectivity index (χ3n) is 9.76. The summed E-state index contributed by atoms with van der Waals surface area (Å²) in [4.78, 5) is 2.39. The van der Waals surface area contributed by atoms with Gasteiger partial charge < -0.3 is 13.9 Å². The van der Waals surface area contributed by atoms with E-state index in [0.29, 0.717) is 0 Å². The Balaban J connectivity index is 1.25. The highest BCUT2D eigenvalue weighted by Gasteiger charge is 2.23. The zero-order valence-electron chi connectivity index (χ0n) is 26.6. The minimum atomic E-state index is 0.893. The first-order chi connectivity index (χ1) is 24.3. The number of furan rings is 1. The number of hydrogen-bond acceptors (Lipinski definition) is 2. The van der Waals surface area contributed by atoms with Crippen molar-refractivity contribution < 1.29 is 4.42 Å². The average molecular weight is 627 g/mol. The van der Waals surface area contributed by atoms with Crippen molar-refractivity contribution in [3.8, 4) is 16.8 Å². The molecule has 0 unspecified atom stereocenters. The Hall–Kier alpha value is -6.58. The molecule has 2 heterocycles. The van der Waals surface area contributed by atoms with Crippen LogP contribution in [0.15, 0.2) is 186 Å². The highest BCUT2D eigenvalue weighted by molar-refractivity contribution is 6.14. The Labute approximate surface area is 283 Å². The van der Waals surface area contributed by atoms with Gasteiger partial charge >= 0.3 is 0 Å². The van der Waals surface area contributed by atoms with E-state index in [1.165, 1.54) is 32.6 Å². The summed E-state index contributed by atoms with van der Waals surface area (Å²) in [7, 11) is 0. The fraction of sp³-hybridized carbons (Fsp3) is 0. The molecular weight excluding hydrogens is 597 g/mol. The van der Waals surface area contributed by atoms with Crippen LogP contribution >= 0.6 is 0 Å². The first kappa shape index (κ1) is 27.5. The number of nitrogens with zero attached hydrogens (tertiary/aromatic N) is 2. The number of hydrogen-bond donors (Lipinski definition) is 0. The summed E-state index contributed by atoms with van der Waals surface area (Å²) in [5.74, 6) is 0. The molecule has 10 aromatic rings. The van der Waals surface area contributed by atoms with E-state index in [0.717, 1.165) is 55.8 Å². The van der Waals surface area contributed by atoms with Crippen molar-refractivity contribution in [3.63, 3.8) is 0 Å². The summed E-state index contributed by atoms with van der Waals surface area (Å²) >= 11 is 0. The van der Waals surface area contributed by atoms with Gasteiger partial charge in [-0.2, -0.15) is 0 Å². The van der Waals surface area contributed by atoms with Crippen molar-refractivity contribution in [2.75, 3.05) is 4.90 Å². The molecule has 2 aromatic heterocycles. The van der Waals surface area contributed by atoms with Crippen LogP contribution in [0, 0.1) is 0 Å². The van der Waals surface area contributed by atoms with E-state index < -0.39 is 0 Å². The third-order valence-corrected chi connectivity index (χ3v) is 9.76. The van der Waals surface area contributed by atoms with Gasteiger partial charge in [0.25, 0.3) is 0 Å². The van der Waals surface area contributed by atoms with Crippen molar-refractivity contribution in [1.29, 1.82) is 0 Å². The smallest absolute Gasteiger partial charge is 0.143 e. The lowest BCUT2D eigenvalue weighted by Gasteiger charge is -2.30. The molecule has 230 valence electrons. The van der Waals surface area contributed by atoms with Crippen molar-refractivity contribution in [1.82, 2.24) is 4.57 Å². The maximum atomic E-state index is 6.75. The fourth-order valence-electron chi connectivity index (χ4n) is 7.60. The first-order valence-electron chi connectivity index (χ1n) is 16.7. The van der Waals surface area contributed by atoms with Crippen molar-refractivity contribution in [3.05, 3.63) is 182 Å². The molecule has 0 bridgehead atoms. The summed E-state index contributed by atoms with van der Waals surface area (Å²) < 4.78 is 9.15. The van der Waals surface area contributed by atoms with E-state index in [-0.39, 0.29) is 0 Å². The average Bonchev–Trinajstić information content (AvgIpc) is 3.70. The Morgan fingerprint density at radius 2 is 0.980 bits per heavy atom. The molecular formula is C46H30N2O. The molecule has 0 atom stereocenters. The standard InChI is InChI=1S/C46H30N2O/c1-2-17-33(18-3-1)47(43-27-12-13-28-44(43)48-41-25-10-6-19-34(41)35-20-7-11-26-42(35)48)40-24-9-8-21-36(40)37-22-14-23-38-39-29-31-15-4-5-16-32(31)30-45(39)49-46(37)38/h1-30H. The summed E-state index contributed by atoms with van der Waals surface area (Å²) in [6.45, 7) is 0. The zero-order valence-corrected chi connectivity index (χ0v) is 26.6. The molecule has 8 aromatic carbocycles. The Morgan fingerprint density at radius 3 is 1.76 bits per heavy atom. The third kappa shape index (κ3) is 4.29. The first-order valence-corrected chi connectivity index (χ1v) is 16.7. The Kier molecular flexibility index (Phi) is 6.18. The van der Waals surface area contributed by atoms with Gasteiger partial charge in [-0.3, -0.25) is 0 Å². The normalized spacial score (nSPS) is 11.7. The van der Waals surface area contributed by atoms with Gasteiger partial charge in [0.2, 0.25) is 0 Å². The highest BCUT2D eigenvalue weighted by Crippen LogP contribution is 2.46.